The number of nitrogens with zero attached hydrogens (tertiary/aromatic N) is 2. The van der Waals surface area contributed by atoms with E-state index in [0.717, 1.165) is 70.0 Å². The summed E-state index contributed by atoms with van der Waals surface area (Å²) < 4.78 is 11.1. The summed E-state index contributed by atoms with van der Waals surface area (Å²) in [6.07, 6.45) is 0.953. The van der Waals surface area contributed by atoms with Crippen LogP contribution in [0.3, 0.4) is 0 Å². The molecule has 6 nitrogen and oxygen atoms in total. The zero-order valence-corrected chi connectivity index (χ0v) is 20.9. The van der Waals surface area contributed by atoms with Crippen LogP contribution in [0.2, 0.25) is 5.02 Å². The second-order valence-corrected chi connectivity index (χ2v) is 7.86. The molecule has 1 aromatic rings. The Kier molecular flexibility index (Phi) is 13.9. The average molecular weight is 539 g/mol. The molecule has 0 aromatic heterocycles. The molecular weight excluding hydrogens is 503 g/mol. The highest BCUT2D eigenvalue weighted by Crippen LogP contribution is 2.23. The first kappa shape index (κ1) is 26.4. The maximum Gasteiger partial charge on any atom is 0.191 e. The normalized spacial score (nSPS) is 16.4. The number of nitrogens with one attached hydrogen (secondary N) is 2. The van der Waals surface area contributed by atoms with Crippen LogP contribution in [0.4, 0.5) is 0 Å². The Morgan fingerprint density at radius 1 is 1.28 bits per heavy atom. The maximum absolute atomic E-state index is 6.24. The van der Waals surface area contributed by atoms with Gasteiger partial charge in [-0.1, -0.05) is 37.6 Å². The van der Waals surface area contributed by atoms with E-state index in [9.17, 15) is 0 Å². The van der Waals surface area contributed by atoms with Gasteiger partial charge >= 0.3 is 0 Å². The predicted octanol–water partition coefficient (Wildman–Crippen LogP) is 3.56. The number of halogens is 2. The Hall–Kier alpha value is -0.610. The van der Waals surface area contributed by atoms with Crippen LogP contribution in [0.15, 0.2) is 29.3 Å². The minimum atomic E-state index is 0. The first-order valence-corrected chi connectivity index (χ1v) is 10.6. The van der Waals surface area contributed by atoms with E-state index in [1.165, 1.54) is 5.56 Å². The van der Waals surface area contributed by atoms with Gasteiger partial charge in [-0.2, -0.15) is 0 Å². The molecule has 1 aromatic carbocycles. The highest BCUT2D eigenvalue weighted by molar-refractivity contribution is 14.0. The molecule has 29 heavy (non-hydrogen) atoms. The fourth-order valence-electron chi connectivity index (χ4n) is 3.17. The van der Waals surface area contributed by atoms with Crippen molar-refractivity contribution in [1.29, 1.82) is 0 Å². The largest absolute Gasteiger partial charge is 0.381 e. The van der Waals surface area contributed by atoms with Gasteiger partial charge in [-0.25, -0.2) is 0 Å². The van der Waals surface area contributed by atoms with Crippen LogP contribution in [0.25, 0.3) is 0 Å². The highest BCUT2D eigenvalue weighted by atomic mass is 127. The van der Waals surface area contributed by atoms with Crippen molar-refractivity contribution in [3.8, 4) is 0 Å². The van der Waals surface area contributed by atoms with E-state index in [4.69, 9.17) is 21.1 Å². The molecule has 1 unspecified atom stereocenters. The lowest BCUT2D eigenvalue weighted by Gasteiger charge is -2.35. The molecular formula is C21H36ClIN4O2. The standard InChI is InChI=1S/C21H35ClN4O2.HI/c1-17(2)16-28-11-5-8-24-21(23-3)25-15-20(26-9-12-27-13-10-26)18-6-4-7-19(22)14-18;/h4,6-7,14,17,20H,5,8-13,15-16H2,1-3H3,(H2,23,24,25);1H. The minimum Gasteiger partial charge on any atom is -0.381 e. The molecule has 1 heterocycles. The second kappa shape index (κ2) is 15.2. The molecule has 1 aliphatic rings. The molecule has 2 N–H and O–H groups in total. The summed E-state index contributed by atoms with van der Waals surface area (Å²) in [4.78, 5) is 6.79. The fourth-order valence-corrected chi connectivity index (χ4v) is 3.37. The van der Waals surface area contributed by atoms with Gasteiger partial charge in [0.25, 0.3) is 0 Å². The van der Waals surface area contributed by atoms with E-state index in [1.807, 2.05) is 18.2 Å². The fraction of sp³-hybridized carbons (Fsp3) is 0.667. The molecule has 166 valence electrons. The van der Waals surface area contributed by atoms with Crippen molar-refractivity contribution in [1.82, 2.24) is 15.5 Å². The molecule has 2 rings (SSSR count). The smallest absolute Gasteiger partial charge is 0.191 e. The summed E-state index contributed by atoms with van der Waals surface area (Å²) in [5.41, 5.74) is 1.21. The Balaban J connectivity index is 0.00000420. The summed E-state index contributed by atoms with van der Waals surface area (Å²) in [7, 11) is 1.80. The first-order chi connectivity index (χ1) is 13.6. The van der Waals surface area contributed by atoms with Crippen LogP contribution < -0.4 is 10.6 Å². The van der Waals surface area contributed by atoms with Crippen LogP contribution >= 0.6 is 35.6 Å². The summed E-state index contributed by atoms with van der Waals surface area (Å²) in [5, 5.41) is 7.60. The summed E-state index contributed by atoms with van der Waals surface area (Å²) in [5.74, 6) is 1.38. The molecule has 0 aliphatic carbocycles. The lowest BCUT2D eigenvalue weighted by Crippen LogP contribution is -2.46. The van der Waals surface area contributed by atoms with E-state index >= 15 is 0 Å². The minimum absolute atomic E-state index is 0. The zero-order valence-electron chi connectivity index (χ0n) is 17.8. The van der Waals surface area contributed by atoms with Crippen LogP contribution in [-0.4, -0.2) is 70.5 Å². The Morgan fingerprint density at radius 3 is 2.69 bits per heavy atom. The molecule has 8 heteroatoms. The Bertz CT molecular complexity index is 598. The number of guanidine groups is 1. The first-order valence-electron chi connectivity index (χ1n) is 10.2. The van der Waals surface area contributed by atoms with Crippen molar-refractivity contribution in [2.24, 2.45) is 10.9 Å². The van der Waals surface area contributed by atoms with Crippen LogP contribution in [0, 0.1) is 5.92 Å². The second-order valence-electron chi connectivity index (χ2n) is 7.42. The third kappa shape index (κ3) is 10.3. The predicted molar refractivity (Wildman–Crippen MR) is 132 cm³/mol. The molecule has 1 atom stereocenters. The number of rotatable bonds is 10. The maximum atomic E-state index is 6.24. The third-order valence-corrected chi connectivity index (χ3v) is 4.85. The van der Waals surface area contributed by atoms with Gasteiger partial charge in [0.05, 0.1) is 19.3 Å². The molecule has 0 bridgehead atoms. The molecule has 0 spiro atoms. The summed E-state index contributed by atoms with van der Waals surface area (Å²) in [6.45, 7) is 10.8. The summed E-state index contributed by atoms with van der Waals surface area (Å²) in [6, 6.07) is 8.32. The SMILES string of the molecule is CN=C(NCCCOCC(C)C)NCC(c1cccc(Cl)c1)N1CCOCC1.I. The van der Waals surface area contributed by atoms with Gasteiger partial charge in [0.2, 0.25) is 0 Å². The lowest BCUT2D eigenvalue weighted by atomic mass is 10.0. The van der Waals surface area contributed by atoms with Gasteiger partial charge < -0.3 is 20.1 Å². The van der Waals surface area contributed by atoms with Crippen LogP contribution in [-0.2, 0) is 9.47 Å². The van der Waals surface area contributed by atoms with Crippen molar-refractivity contribution >= 4 is 41.5 Å². The van der Waals surface area contributed by atoms with E-state index < -0.39 is 0 Å². The van der Waals surface area contributed by atoms with Crippen molar-refractivity contribution in [3.05, 3.63) is 34.9 Å². The van der Waals surface area contributed by atoms with Crippen molar-refractivity contribution in [2.45, 2.75) is 26.3 Å². The number of morpholine rings is 1. The van der Waals surface area contributed by atoms with Crippen molar-refractivity contribution < 1.29 is 9.47 Å². The van der Waals surface area contributed by atoms with Gasteiger partial charge in [0.1, 0.15) is 0 Å². The van der Waals surface area contributed by atoms with Gasteiger partial charge in [-0.05, 0) is 30.0 Å². The van der Waals surface area contributed by atoms with Gasteiger partial charge in [0, 0.05) is 51.5 Å². The molecule has 1 saturated heterocycles. The lowest BCUT2D eigenvalue weighted by molar-refractivity contribution is 0.0170. The monoisotopic (exact) mass is 538 g/mol. The number of hydrogen-bond donors (Lipinski definition) is 2. The molecule has 0 amide bonds. The van der Waals surface area contributed by atoms with E-state index in [2.05, 4.69) is 40.4 Å². The summed E-state index contributed by atoms with van der Waals surface area (Å²) >= 11 is 6.24. The van der Waals surface area contributed by atoms with Crippen molar-refractivity contribution in [2.75, 3.05) is 59.7 Å². The number of benzene rings is 1. The van der Waals surface area contributed by atoms with Gasteiger partial charge in [0.15, 0.2) is 5.96 Å². The quantitative estimate of drug-likeness (QED) is 0.207. The number of ether oxygens (including phenoxy) is 2. The topological polar surface area (TPSA) is 58.1 Å². The van der Waals surface area contributed by atoms with Crippen molar-refractivity contribution in [3.63, 3.8) is 0 Å². The third-order valence-electron chi connectivity index (χ3n) is 4.62. The van der Waals surface area contributed by atoms with Crippen LogP contribution in [0.5, 0.6) is 0 Å². The average Bonchev–Trinajstić information content (AvgIpc) is 2.69. The molecule has 1 aliphatic heterocycles. The van der Waals surface area contributed by atoms with Gasteiger partial charge in [-0.3, -0.25) is 9.89 Å². The number of aliphatic imine (C=N–C) groups is 1. The van der Waals surface area contributed by atoms with E-state index in [0.29, 0.717) is 5.92 Å². The van der Waals surface area contributed by atoms with Crippen LogP contribution in [0.1, 0.15) is 31.9 Å². The Labute approximate surface area is 197 Å². The number of hydrogen-bond acceptors (Lipinski definition) is 4. The van der Waals surface area contributed by atoms with E-state index in [-0.39, 0.29) is 30.0 Å². The molecule has 0 radical (unpaired) electrons. The van der Waals surface area contributed by atoms with Gasteiger partial charge in [-0.15, -0.1) is 24.0 Å². The highest BCUT2D eigenvalue weighted by Gasteiger charge is 2.23. The Morgan fingerprint density at radius 2 is 2.03 bits per heavy atom. The molecule has 0 saturated carbocycles. The zero-order chi connectivity index (χ0) is 20.2. The van der Waals surface area contributed by atoms with E-state index in [1.54, 1.807) is 7.05 Å². The molecule has 1 fully saturated rings.